The van der Waals surface area contributed by atoms with E-state index in [4.69, 9.17) is 11.1 Å². The molecule has 0 aliphatic carbocycles. The lowest BCUT2D eigenvalue weighted by atomic mass is 10.1. The van der Waals surface area contributed by atoms with Gasteiger partial charge in [0.2, 0.25) is 5.91 Å². The van der Waals surface area contributed by atoms with E-state index in [0.717, 1.165) is 0 Å². The minimum Gasteiger partial charge on any atom is -0.326 e. The molecule has 7 nitrogen and oxygen atoms in total. The molecule has 1 aromatic carbocycles. The van der Waals surface area contributed by atoms with E-state index in [9.17, 15) is 9.59 Å². The molecule has 1 saturated heterocycles. The molecule has 4 N–H and O–H groups in total. The van der Waals surface area contributed by atoms with Crippen LogP contribution in [0, 0.1) is 11.3 Å². The van der Waals surface area contributed by atoms with Gasteiger partial charge in [0.25, 0.3) is 5.91 Å². The standard InChI is InChI=1S/C19H21N5O2/c1-13-11-16(17(25)22-15-5-3-2-4-6-15)24(12-13)18(26)14-7-9-23(10-8-14)19(20)21/h2-10,13,16H,11-12H2,1H3,(H3-,20,21,22,25)/p+1. The molecule has 2 aromatic rings. The van der Waals surface area contributed by atoms with E-state index < -0.39 is 6.04 Å². The summed E-state index contributed by atoms with van der Waals surface area (Å²) in [6.07, 6.45) is 3.76. The highest BCUT2D eigenvalue weighted by molar-refractivity contribution is 6.01. The fraction of sp³-hybridized carbons (Fsp3) is 0.263. The van der Waals surface area contributed by atoms with Crippen LogP contribution in [0.3, 0.4) is 0 Å². The van der Waals surface area contributed by atoms with Crippen molar-refractivity contribution in [2.75, 3.05) is 11.9 Å². The number of anilines is 1. The summed E-state index contributed by atoms with van der Waals surface area (Å²) in [7, 11) is 0. The van der Waals surface area contributed by atoms with Crippen molar-refractivity contribution in [3.63, 3.8) is 0 Å². The Bertz CT molecular complexity index is 820. The Morgan fingerprint density at radius 2 is 1.85 bits per heavy atom. The van der Waals surface area contributed by atoms with Crippen LogP contribution in [0.25, 0.3) is 0 Å². The molecule has 2 unspecified atom stereocenters. The van der Waals surface area contributed by atoms with Gasteiger partial charge in [-0.25, -0.2) is 4.57 Å². The number of hydrogen-bond donors (Lipinski definition) is 3. The second kappa shape index (κ2) is 7.35. The average Bonchev–Trinajstić information content (AvgIpc) is 3.04. The van der Waals surface area contributed by atoms with Crippen LogP contribution < -0.4 is 15.6 Å². The summed E-state index contributed by atoms with van der Waals surface area (Å²) < 4.78 is 1.41. The number of hydrogen-bond acceptors (Lipinski definition) is 3. The van der Waals surface area contributed by atoms with Crippen LogP contribution in [0.1, 0.15) is 23.7 Å². The van der Waals surface area contributed by atoms with Gasteiger partial charge in [0.15, 0.2) is 0 Å². The number of pyridine rings is 1. The number of likely N-dealkylation sites (tertiary alicyclic amines) is 1. The first kappa shape index (κ1) is 17.6. The predicted octanol–water partition coefficient (Wildman–Crippen LogP) is 1.20. The van der Waals surface area contributed by atoms with Crippen LogP contribution in [-0.2, 0) is 4.79 Å². The average molecular weight is 352 g/mol. The van der Waals surface area contributed by atoms with Crippen molar-refractivity contribution >= 4 is 23.5 Å². The molecule has 26 heavy (non-hydrogen) atoms. The Labute approximate surface area is 151 Å². The molecule has 2 heterocycles. The molecule has 0 bridgehead atoms. The number of amides is 2. The van der Waals surface area contributed by atoms with Gasteiger partial charge >= 0.3 is 5.96 Å². The molecule has 1 aromatic heterocycles. The maximum atomic E-state index is 12.9. The minimum absolute atomic E-state index is 0.126. The molecule has 1 aliphatic rings. The first-order chi connectivity index (χ1) is 12.5. The van der Waals surface area contributed by atoms with Crippen LogP contribution >= 0.6 is 0 Å². The summed E-state index contributed by atoms with van der Waals surface area (Å²) in [4.78, 5) is 27.2. The van der Waals surface area contributed by atoms with Crippen molar-refractivity contribution < 1.29 is 14.2 Å². The topological polar surface area (TPSA) is 103 Å². The summed E-state index contributed by atoms with van der Waals surface area (Å²) in [6.45, 7) is 2.57. The zero-order valence-corrected chi connectivity index (χ0v) is 14.6. The van der Waals surface area contributed by atoms with E-state index in [1.807, 2.05) is 37.3 Å². The zero-order valence-electron chi connectivity index (χ0n) is 14.6. The molecule has 2 amide bonds. The van der Waals surface area contributed by atoms with Gasteiger partial charge in [-0.15, -0.1) is 5.41 Å². The third kappa shape index (κ3) is 3.72. The molecule has 0 saturated carbocycles. The maximum absolute atomic E-state index is 12.9. The van der Waals surface area contributed by atoms with Crippen LogP contribution in [0.15, 0.2) is 54.9 Å². The Balaban J connectivity index is 1.77. The number of rotatable bonds is 3. The van der Waals surface area contributed by atoms with E-state index >= 15 is 0 Å². The number of nitrogens with one attached hydrogen (secondary N) is 2. The second-order valence-electron chi connectivity index (χ2n) is 6.55. The highest BCUT2D eigenvalue weighted by Crippen LogP contribution is 2.25. The van der Waals surface area contributed by atoms with E-state index in [1.54, 1.807) is 29.4 Å². The van der Waals surface area contributed by atoms with Gasteiger partial charge in [-0.2, -0.15) is 0 Å². The molecular weight excluding hydrogens is 330 g/mol. The Morgan fingerprint density at radius 1 is 1.19 bits per heavy atom. The number of para-hydroxylation sites is 1. The van der Waals surface area contributed by atoms with Crippen molar-refractivity contribution in [3.8, 4) is 0 Å². The number of carbonyl (C=O) groups is 2. The largest absolute Gasteiger partial charge is 0.386 e. The fourth-order valence-corrected chi connectivity index (χ4v) is 3.16. The number of carbonyl (C=O) groups excluding carboxylic acids is 2. The molecule has 7 heteroatoms. The lowest BCUT2D eigenvalue weighted by Gasteiger charge is -2.24. The van der Waals surface area contributed by atoms with Crippen molar-refractivity contribution in [2.24, 2.45) is 11.7 Å². The van der Waals surface area contributed by atoms with Gasteiger partial charge in [0, 0.05) is 17.8 Å². The monoisotopic (exact) mass is 352 g/mol. The van der Waals surface area contributed by atoms with Gasteiger partial charge in [0.1, 0.15) is 6.04 Å². The quantitative estimate of drug-likeness (QED) is 0.439. The number of nitrogen functional groups attached to an aromatic ring is 1. The van der Waals surface area contributed by atoms with Gasteiger partial charge in [-0.3, -0.25) is 15.3 Å². The van der Waals surface area contributed by atoms with Gasteiger partial charge in [-0.05, 0) is 36.6 Å². The Kier molecular flexibility index (Phi) is 4.97. The fourth-order valence-electron chi connectivity index (χ4n) is 3.16. The summed E-state index contributed by atoms with van der Waals surface area (Å²) in [6, 6.07) is 11.9. The smallest absolute Gasteiger partial charge is 0.326 e. The third-order valence-corrected chi connectivity index (χ3v) is 4.47. The molecule has 0 spiro atoms. The van der Waals surface area contributed by atoms with Gasteiger partial charge in [0.05, 0.1) is 12.4 Å². The lowest BCUT2D eigenvalue weighted by molar-refractivity contribution is -0.558. The van der Waals surface area contributed by atoms with E-state index in [1.165, 1.54) is 4.57 Å². The Hall–Kier alpha value is -3.22. The SMILES string of the molecule is CC1CC(C(=O)Nc2ccccc2)N(C(=O)c2cc[n+](C(=N)N)cc2)C1. The summed E-state index contributed by atoms with van der Waals surface area (Å²) in [5, 5.41) is 10.3. The first-order valence-electron chi connectivity index (χ1n) is 8.48. The lowest BCUT2D eigenvalue weighted by Crippen LogP contribution is -2.48. The van der Waals surface area contributed by atoms with Gasteiger partial charge in [-0.1, -0.05) is 25.1 Å². The third-order valence-electron chi connectivity index (χ3n) is 4.47. The summed E-state index contributed by atoms with van der Waals surface area (Å²) in [5.74, 6) is -0.253. The second-order valence-corrected chi connectivity index (χ2v) is 6.55. The van der Waals surface area contributed by atoms with E-state index in [0.29, 0.717) is 24.2 Å². The molecular formula is C19H22N5O2+. The maximum Gasteiger partial charge on any atom is 0.386 e. The summed E-state index contributed by atoms with van der Waals surface area (Å²) in [5.41, 5.74) is 6.59. The van der Waals surface area contributed by atoms with Crippen molar-refractivity contribution in [1.29, 1.82) is 5.41 Å². The normalized spacial score (nSPS) is 19.2. The number of nitrogens with two attached hydrogens (primary N) is 1. The molecule has 1 aliphatic heterocycles. The van der Waals surface area contributed by atoms with E-state index in [2.05, 4.69) is 5.32 Å². The van der Waals surface area contributed by atoms with Crippen LogP contribution in [0.4, 0.5) is 5.69 Å². The highest BCUT2D eigenvalue weighted by Gasteiger charge is 2.38. The number of nitrogens with zero attached hydrogens (tertiary/aromatic N) is 2. The molecule has 0 radical (unpaired) electrons. The minimum atomic E-state index is -0.502. The first-order valence-corrected chi connectivity index (χ1v) is 8.48. The van der Waals surface area contributed by atoms with Crippen molar-refractivity contribution in [1.82, 2.24) is 4.90 Å². The van der Waals surface area contributed by atoms with Crippen LogP contribution in [0.5, 0.6) is 0 Å². The highest BCUT2D eigenvalue weighted by atomic mass is 16.2. The predicted molar refractivity (Wildman–Crippen MR) is 97.6 cm³/mol. The van der Waals surface area contributed by atoms with Gasteiger partial charge < -0.3 is 10.2 Å². The summed E-state index contributed by atoms with van der Waals surface area (Å²) >= 11 is 0. The number of benzene rings is 1. The zero-order chi connectivity index (χ0) is 18.7. The van der Waals surface area contributed by atoms with Crippen molar-refractivity contribution in [2.45, 2.75) is 19.4 Å². The Morgan fingerprint density at radius 3 is 2.46 bits per heavy atom. The molecule has 3 rings (SSSR count). The van der Waals surface area contributed by atoms with Crippen molar-refractivity contribution in [3.05, 3.63) is 60.4 Å². The molecule has 134 valence electrons. The van der Waals surface area contributed by atoms with Crippen LogP contribution in [0.2, 0.25) is 0 Å². The van der Waals surface area contributed by atoms with E-state index in [-0.39, 0.29) is 23.7 Å². The molecule has 1 fully saturated rings. The molecule has 2 atom stereocenters. The number of aromatic nitrogens is 1. The van der Waals surface area contributed by atoms with Crippen LogP contribution in [-0.4, -0.2) is 35.3 Å².